The fourth-order valence-corrected chi connectivity index (χ4v) is 2.48. The molecule has 0 amide bonds. The second-order valence-corrected chi connectivity index (χ2v) is 5.35. The zero-order chi connectivity index (χ0) is 17.1. The summed E-state index contributed by atoms with van der Waals surface area (Å²) >= 11 is 0. The van der Waals surface area contributed by atoms with Crippen molar-refractivity contribution in [2.75, 3.05) is 17.7 Å². The lowest BCUT2D eigenvalue weighted by Crippen LogP contribution is -2.10. The van der Waals surface area contributed by atoms with Crippen molar-refractivity contribution >= 4 is 17.2 Å². The van der Waals surface area contributed by atoms with Crippen LogP contribution in [0.5, 0.6) is 5.75 Å². The maximum absolute atomic E-state index is 6.28. The van der Waals surface area contributed by atoms with E-state index in [1.54, 1.807) is 4.68 Å². The number of hydrogen-bond acceptors (Lipinski definition) is 6. The van der Waals surface area contributed by atoms with Gasteiger partial charge in [-0.3, -0.25) is 0 Å². The van der Waals surface area contributed by atoms with Gasteiger partial charge in [0.15, 0.2) is 11.6 Å². The topological polar surface area (TPSA) is 90.9 Å². The van der Waals surface area contributed by atoms with Crippen LogP contribution in [0, 0.1) is 13.8 Å². The average molecular weight is 324 g/mol. The van der Waals surface area contributed by atoms with Crippen molar-refractivity contribution in [2.45, 2.75) is 20.8 Å². The van der Waals surface area contributed by atoms with Crippen molar-refractivity contribution < 1.29 is 4.74 Å². The minimum atomic E-state index is 0.426. The van der Waals surface area contributed by atoms with Gasteiger partial charge in [0.05, 0.1) is 18.0 Å². The molecule has 0 aliphatic rings. The summed E-state index contributed by atoms with van der Waals surface area (Å²) in [7, 11) is 0. The smallest absolute Gasteiger partial charge is 0.182 e. The van der Waals surface area contributed by atoms with Gasteiger partial charge in [0, 0.05) is 5.69 Å². The third kappa shape index (κ3) is 3.01. The normalized spacial score (nSPS) is 10.6. The molecule has 1 aromatic carbocycles. The molecule has 0 unspecified atom stereocenters. The molecule has 3 rings (SSSR count). The highest BCUT2D eigenvalue weighted by Gasteiger charge is 2.14. The summed E-state index contributed by atoms with van der Waals surface area (Å²) in [5.74, 6) is 1.80. The molecule has 124 valence electrons. The van der Waals surface area contributed by atoms with Crippen molar-refractivity contribution in [2.24, 2.45) is 0 Å². The van der Waals surface area contributed by atoms with Crippen LogP contribution in [-0.2, 0) is 0 Å². The number of nitrogens with two attached hydrogens (primary N) is 1. The molecular weight excluding hydrogens is 304 g/mol. The molecule has 24 heavy (non-hydrogen) atoms. The second-order valence-electron chi connectivity index (χ2n) is 5.35. The predicted molar refractivity (Wildman–Crippen MR) is 93.9 cm³/mol. The first kappa shape index (κ1) is 15.8. The summed E-state index contributed by atoms with van der Waals surface area (Å²) < 4.78 is 7.34. The fourth-order valence-electron chi connectivity index (χ4n) is 2.48. The quantitative estimate of drug-likeness (QED) is 0.749. The Morgan fingerprint density at radius 2 is 2.00 bits per heavy atom. The Morgan fingerprint density at radius 3 is 2.71 bits per heavy atom. The zero-order valence-corrected chi connectivity index (χ0v) is 13.9. The molecule has 7 nitrogen and oxygen atoms in total. The Kier molecular flexibility index (Phi) is 4.33. The SMILES string of the molecule is CCOc1ccccc1Nc1ncnc(-n2nc(C)cc2C)c1N. The highest BCUT2D eigenvalue weighted by Crippen LogP contribution is 2.30. The van der Waals surface area contributed by atoms with Gasteiger partial charge in [0.2, 0.25) is 0 Å². The van der Waals surface area contributed by atoms with E-state index in [2.05, 4.69) is 20.4 Å². The minimum absolute atomic E-state index is 0.426. The monoisotopic (exact) mass is 324 g/mol. The number of aromatic nitrogens is 4. The molecule has 0 saturated carbocycles. The van der Waals surface area contributed by atoms with E-state index in [1.165, 1.54) is 6.33 Å². The Balaban J connectivity index is 1.99. The molecule has 2 aromatic heterocycles. The molecule has 7 heteroatoms. The van der Waals surface area contributed by atoms with Gasteiger partial charge in [0.25, 0.3) is 0 Å². The predicted octanol–water partition coefficient (Wildman–Crippen LogP) is 3.00. The van der Waals surface area contributed by atoms with Gasteiger partial charge in [-0.05, 0) is 39.0 Å². The van der Waals surface area contributed by atoms with E-state index < -0.39 is 0 Å². The van der Waals surface area contributed by atoms with Crippen LogP contribution in [0.1, 0.15) is 18.3 Å². The first-order valence-electron chi connectivity index (χ1n) is 7.73. The summed E-state index contributed by atoms with van der Waals surface area (Å²) in [6, 6.07) is 9.62. The molecule has 0 fully saturated rings. The van der Waals surface area contributed by atoms with E-state index in [-0.39, 0.29) is 0 Å². The van der Waals surface area contributed by atoms with Gasteiger partial charge in [-0.15, -0.1) is 0 Å². The van der Waals surface area contributed by atoms with Crippen LogP contribution < -0.4 is 15.8 Å². The number of anilines is 3. The summed E-state index contributed by atoms with van der Waals surface area (Å²) in [6.45, 7) is 6.41. The second kappa shape index (κ2) is 6.57. The van der Waals surface area contributed by atoms with Crippen LogP contribution in [0.15, 0.2) is 36.7 Å². The molecular formula is C17H20N6O. The Bertz CT molecular complexity index is 858. The van der Waals surface area contributed by atoms with E-state index >= 15 is 0 Å². The number of benzene rings is 1. The molecule has 0 aliphatic heterocycles. The summed E-state index contributed by atoms with van der Waals surface area (Å²) in [4.78, 5) is 8.53. The number of nitrogen functional groups attached to an aromatic ring is 1. The van der Waals surface area contributed by atoms with Crippen LogP contribution in [0.4, 0.5) is 17.2 Å². The van der Waals surface area contributed by atoms with Crippen LogP contribution >= 0.6 is 0 Å². The Labute approximate surface area is 140 Å². The maximum Gasteiger partial charge on any atom is 0.182 e. The van der Waals surface area contributed by atoms with E-state index in [9.17, 15) is 0 Å². The van der Waals surface area contributed by atoms with E-state index in [0.29, 0.717) is 23.9 Å². The highest BCUT2D eigenvalue weighted by molar-refractivity contribution is 5.76. The number of nitrogens with zero attached hydrogens (tertiary/aromatic N) is 4. The summed E-state index contributed by atoms with van der Waals surface area (Å²) in [5.41, 5.74) is 9.36. The van der Waals surface area contributed by atoms with Crippen LogP contribution in [-0.4, -0.2) is 26.4 Å². The molecule has 0 aliphatic carbocycles. The molecule has 0 spiro atoms. The van der Waals surface area contributed by atoms with E-state index in [0.717, 1.165) is 22.8 Å². The van der Waals surface area contributed by atoms with Gasteiger partial charge in [-0.1, -0.05) is 12.1 Å². The number of rotatable bonds is 5. The van der Waals surface area contributed by atoms with Crippen LogP contribution in [0.2, 0.25) is 0 Å². The zero-order valence-electron chi connectivity index (χ0n) is 13.9. The fraction of sp³-hybridized carbons (Fsp3) is 0.235. The minimum Gasteiger partial charge on any atom is -0.492 e. The molecule has 0 atom stereocenters. The molecule has 0 radical (unpaired) electrons. The molecule has 2 heterocycles. The lowest BCUT2D eigenvalue weighted by atomic mass is 10.3. The van der Waals surface area contributed by atoms with Crippen LogP contribution in [0.25, 0.3) is 5.82 Å². The van der Waals surface area contributed by atoms with Crippen molar-refractivity contribution in [3.05, 3.63) is 48.0 Å². The lowest BCUT2D eigenvalue weighted by molar-refractivity contribution is 0.342. The van der Waals surface area contributed by atoms with E-state index in [1.807, 2.05) is 51.1 Å². The van der Waals surface area contributed by atoms with Crippen molar-refractivity contribution in [1.82, 2.24) is 19.7 Å². The van der Waals surface area contributed by atoms with Gasteiger partial charge in [-0.2, -0.15) is 5.10 Å². The molecule has 0 bridgehead atoms. The van der Waals surface area contributed by atoms with Crippen molar-refractivity contribution in [3.8, 4) is 11.6 Å². The van der Waals surface area contributed by atoms with Crippen LogP contribution in [0.3, 0.4) is 0 Å². The summed E-state index contributed by atoms with van der Waals surface area (Å²) in [6.07, 6.45) is 1.47. The third-order valence-corrected chi connectivity index (χ3v) is 3.51. The number of nitrogens with one attached hydrogen (secondary N) is 1. The standard InChI is InChI=1S/C17H20N6O/c1-4-24-14-8-6-5-7-13(14)21-16-15(18)17(20-10-19-16)23-12(3)9-11(2)22-23/h5-10H,4,18H2,1-3H3,(H,19,20,21). The Morgan fingerprint density at radius 1 is 1.21 bits per heavy atom. The summed E-state index contributed by atoms with van der Waals surface area (Å²) in [5, 5.41) is 7.65. The molecule has 3 aromatic rings. The van der Waals surface area contributed by atoms with Gasteiger partial charge in [-0.25, -0.2) is 14.6 Å². The van der Waals surface area contributed by atoms with Gasteiger partial charge < -0.3 is 15.8 Å². The maximum atomic E-state index is 6.28. The number of aryl methyl sites for hydroxylation is 2. The Hall–Kier alpha value is -3.09. The first-order chi connectivity index (χ1) is 11.6. The number of ether oxygens (including phenoxy) is 1. The first-order valence-corrected chi connectivity index (χ1v) is 7.73. The average Bonchev–Trinajstić information content (AvgIpc) is 2.90. The third-order valence-electron chi connectivity index (χ3n) is 3.51. The number of hydrogen-bond donors (Lipinski definition) is 2. The largest absolute Gasteiger partial charge is 0.492 e. The van der Waals surface area contributed by atoms with Gasteiger partial charge in [0.1, 0.15) is 17.8 Å². The lowest BCUT2D eigenvalue weighted by Gasteiger charge is -2.14. The van der Waals surface area contributed by atoms with E-state index in [4.69, 9.17) is 10.5 Å². The number of para-hydroxylation sites is 2. The van der Waals surface area contributed by atoms with Crippen molar-refractivity contribution in [1.29, 1.82) is 0 Å². The molecule has 3 N–H and O–H groups in total. The van der Waals surface area contributed by atoms with Crippen molar-refractivity contribution in [3.63, 3.8) is 0 Å². The molecule has 0 saturated heterocycles. The van der Waals surface area contributed by atoms with Gasteiger partial charge >= 0.3 is 0 Å². The highest BCUT2D eigenvalue weighted by atomic mass is 16.5.